The standard InChI is InChI=1S/C25H18N2O4/c1-31-23-17(14-6-3-2-4-7-14)8-5-9-18(23)24-26-19-11-10-15-12-16(25(29)30)13-20(28)21(15)22(19)27-24/h2-13,28H,1H3,(H,26,27)(H,29,30). The Morgan fingerprint density at radius 2 is 1.74 bits per heavy atom. The lowest BCUT2D eigenvalue weighted by Gasteiger charge is -2.12. The number of para-hydroxylation sites is 1. The normalized spacial score (nSPS) is 11.1. The number of ether oxygens (including phenoxy) is 1. The van der Waals surface area contributed by atoms with Gasteiger partial charge < -0.3 is 19.9 Å². The Bertz CT molecular complexity index is 1460. The van der Waals surface area contributed by atoms with Crippen LogP contribution in [0.2, 0.25) is 0 Å². The Hall–Kier alpha value is -4.32. The molecule has 152 valence electrons. The highest BCUT2D eigenvalue weighted by Gasteiger charge is 2.18. The molecule has 6 heteroatoms. The van der Waals surface area contributed by atoms with E-state index in [1.54, 1.807) is 13.2 Å². The first-order chi connectivity index (χ1) is 15.1. The van der Waals surface area contributed by atoms with Gasteiger partial charge in [0.2, 0.25) is 0 Å². The summed E-state index contributed by atoms with van der Waals surface area (Å²) in [6, 6.07) is 22.2. The van der Waals surface area contributed by atoms with Crippen molar-refractivity contribution in [2.45, 2.75) is 0 Å². The van der Waals surface area contributed by atoms with Crippen molar-refractivity contribution < 1.29 is 19.7 Å². The molecule has 5 rings (SSSR count). The van der Waals surface area contributed by atoms with Gasteiger partial charge in [0, 0.05) is 5.56 Å². The lowest BCUT2D eigenvalue weighted by Crippen LogP contribution is -1.95. The Kier molecular flexibility index (Phi) is 4.33. The molecule has 0 atom stereocenters. The van der Waals surface area contributed by atoms with Crippen LogP contribution in [-0.2, 0) is 0 Å². The predicted molar refractivity (Wildman–Crippen MR) is 120 cm³/mol. The van der Waals surface area contributed by atoms with Gasteiger partial charge in [-0.05, 0) is 35.2 Å². The number of fused-ring (bicyclic) bond motifs is 3. The van der Waals surface area contributed by atoms with Crippen molar-refractivity contribution in [3.05, 3.63) is 78.4 Å². The summed E-state index contributed by atoms with van der Waals surface area (Å²) in [6.07, 6.45) is 0. The van der Waals surface area contributed by atoms with Gasteiger partial charge in [-0.15, -0.1) is 0 Å². The number of aromatic nitrogens is 2. The topological polar surface area (TPSA) is 95.4 Å². The molecule has 0 radical (unpaired) electrons. The number of aromatic carboxylic acids is 1. The zero-order chi connectivity index (χ0) is 21.5. The zero-order valence-corrected chi connectivity index (χ0v) is 16.6. The van der Waals surface area contributed by atoms with E-state index in [1.165, 1.54) is 12.1 Å². The highest BCUT2D eigenvalue weighted by atomic mass is 16.5. The number of carbonyl (C=O) groups is 1. The Morgan fingerprint density at radius 1 is 0.968 bits per heavy atom. The van der Waals surface area contributed by atoms with Gasteiger partial charge in [-0.1, -0.05) is 48.5 Å². The number of hydrogen-bond acceptors (Lipinski definition) is 4. The van der Waals surface area contributed by atoms with Crippen LogP contribution in [0.3, 0.4) is 0 Å². The molecule has 0 bridgehead atoms. The molecule has 6 nitrogen and oxygen atoms in total. The molecule has 31 heavy (non-hydrogen) atoms. The third-order valence-corrected chi connectivity index (χ3v) is 5.35. The third kappa shape index (κ3) is 3.05. The molecule has 0 saturated carbocycles. The first kappa shape index (κ1) is 18.7. The minimum absolute atomic E-state index is 0.0253. The number of aromatic hydroxyl groups is 1. The van der Waals surface area contributed by atoms with Crippen LogP contribution in [-0.4, -0.2) is 33.3 Å². The van der Waals surface area contributed by atoms with Gasteiger partial charge in [-0.2, -0.15) is 0 Å². The first-order valence-electron chi connectivity index (χ1n) is 9.68. The Balaban J connectivity index is 1.73. The average Bonchev–Trinajstić information content (AvgIpc) is 3.23. The summed E-state index contributed by atoms with van der Waals surface area (Å²) in [5, 5.41) is 20.9. The van der Waals surface area contributed by atoms with E-state index >= 15 is 0 Å². The maximum atomic E-state index is 11.3. The molecule has 4 aromatic carbocycles. The smallest absolute Gasteiger partial charge is 0.335 e. The second kappa shape index (κ2) is 7.18. The maximum absolute atomic E-state index is 11.3. The number of nitrogens with zero attached hydrogens (tertiary/aromatic N) is 1. The molecule has 0 aliphatic heterocycles. The van der Waals surface area contributed by atoms with Gasteiger partial charge in [-0.25, -0.2) is 9.78 Å². The van der Waals surface area contributed by atoms with Gasteiger partial charge in [0.25, 0.3) is 0 Å². The van der Waals surface area contributed by atoms with Gasteiger partial charge in [0.05, 0.1) is 29.1 Å². The minimum Gasteiger partial charge on any atom is -0.507 e. The van der Waals surface area contributed by atoms with E-state index in [2.05, 4.69) is 4.98 Å². The fourth-order valence-corrected chi connectivity index (χ4v) is 3.95. The van der Waals surface area contributed by atoms with E-state index < -0.39 is 5.97 Å². The van der Waals surface area contributed by atoms with Crippen molar-refractivity contribution in [3.8, 4) is 34.0 Å². The number of phenolic OH excluding ortho intramolecular Hbond substituents is 1. The summed E-state index contributed by atoms with van der Waals surface area (Å²) in [6.45, 7) is 0. The van der Waals surface area contributed by atoms with Crippen molar-refractivity contribution in [1.82, 2.24) is 9.97 Å². The molecule has 3 N–H and O–H groups in total. The maximum Gasteiger partial charge on any atom is 0.335 e. The highest BCUT2D eigenvalue weighted by molar-refractivity contribution is 6.10. The summed E-state index contributed by atoms with van der Waals surface area (Å²) >= 11 is 0. The van der Waals surface area contributed by atoms with Gasteiger partial charge in [0.15, 0.2) is 0 Å². The number of aromatic amines is 1. The Morgan fingerprint density at radius 3 is 2.48 bits per heavy atom. The van der Waals surface area contributed by atoms with Crippen molar-refractivity contribution in [1.29, 1.82) is 0 Å². The van der Waals surface area contributed by atoms with Crippen molar-refractivity contribution in [3.63, 3.8) is 0 Å². The molecule has 1 aromatic heterocycles. The van der Waals surface area contributed by atoms with Crippen LogP contribution < -0.4 is 4.74 Å². The molecule has 0 amide bonds. The zero-order valence-electron chi connectivity index (χ0n) is 16.6. The largest absolute Gasteiger partial charge is 0.507 e. The van der Waals surface area contributed by atoms with Crippen LogP contribution in [0.15, 0.2) is 72.8 Å². The molecular weight excluding hydrogens is 392 g/mol. The van der Waals surface area contributed by atoms with Crippen LogP contribution in [0.4, 0.5) is 0 Å². The van der Waals surface area contributed by atoms with E-state index in [-0.39, 0.29) is 11.3 Å². The number of carboxylic acid groups (broad SMARTS) is 1. The van der Waals surface area contributed by atoms with E-state index in [9.17, 15) is 15.0 Å². The summed E-state index contributed by atoms with van der Waals surface area (Å²) < 4.78 is 5.76. The molecule has 1 heterocycles. The summed E-state index contributed by atoms with van der Waals surface area (Å²) in [7, 11) is 1.63. The molecule has 0 aliphatic carbocycles. The fraction of sp³-hybridized carbons (Fsp3) is 0.0400. The summed E-state index contributed by atoms with van der Waals surface area (Å²) in [5.74, 6) is 0.0688. The summed E-state index contributed by atoms with van der Waals surface area (Å²) in [4.78, 5) is 19.4. The second-order valence-corrected chi connectivity index (χ2v) is 7.20. The third-order valence-electron chi connectivity index (χ3n) is 5.35. The van der Waals surface area contributed by atoms with Crippen LogP contribution in [0.5, 0.6) is 11.5 Å². The number of hydrogen-bond donors (Lipinski definition) is 3. The monoisotopic (exact) mass is 410 g/mol. The lowest BCUT2D eigenvalue weighted by atomic mass is 10.0. The lowest BCUT2D eigenvalue weighted by molar-refractivity contribution is 0.0696. The minimum atomic E-state index is -1.09. The molecule has 0 aliphatic rings. The quantitative estimate of drug-likeness (QED) is 0.366. The molecule has 0 saturated heterocycles. The number of rotatable bonds is 4. The molecule has 0 unspecified atom stereocenters. The van der Waals surface area contributed by atoms with Crippen LogP contribution in [0.25, 0.3) is 44.3 Å². The number of methoxy groups -OCH3 is 1. The van der Waals surface area contributed by atoms with Crippen molar-refractivity contribution >= 4 is 27.8 Å². The number of H-pyrrole nitrogens is 1. The van der Waals surface area contributed by atoms with E-state index in [1.807, 2.05) is 54.6 Å². The first-order valence-corrected chi connectivity index (χ1v) is 9.68. The van der Waals surface area contributed by atoms with Gasteiger partial charge >= 0.3 is 5.97 Å². The SMILES string of the molecule is COc1c(-c2ccccc2)cccc1-c1nc2c(ccc3cc(C(=O)O)cc(O)c32)[nH]1. The van der Waals surface area contributed by atoms with E-state index in [4.69, 9.17) is 9.72 Å². The highest BCUT2D eigenvalue weighted by Crippen LogP contribution is 2.40. The average molecular weight is 410 g/mol. The van der Waals surface area contributed by atoms with Crippen molar-refractivity contribution in [2.75, 3.05) is 7.11 Å². The fourth-order valence-electron chi connectivity index (χ4n) is 3.95. The molecule has 0 fully saturated rings. The van der Waals surface area contributed by atoms with E-state index in [0.717, 1.165) is 22.2 Å². The van der Waals surface area contributed by atoms with Crippen molar-refractivity contribution in [2.24, 2.45) is 0 Å². The second-order valence-electron chi connectivity index (χ2n) is 7.20. The van der Waals surface area contributed by atoms with Crippen LogP contribution in [0.1, 0.15) is 10.4 Å². The molecule has 0 spiro atoms. The molecular formula is C25H18N2O4. The number of benzene rings is 4. The predicted octanol–water partition coefficient (Wildman–Crippen LogP) is 5.46. The number of carboxylic acids is 1. The number of phenols is 1. The van der Waals surface area contributed by atoms with Crippen LogP contribution in [0, 0.1) is 0 Å². The van der Waals surface area contributed by atoms with Crippen LogP contribution >= 0.6 is 0 Å². The number of nitrogens with one attached hydrogen (secondary N) is 1. The van der Waals surface area contributed by atoms with Gasteiger partial charge in [-0.3, -0.25) is 0 Å². The van der Waals surface area contributed by atoms with E-state index in [0.29, 0.717) is 27.9 Å². The number of imidazole rings is 1. The van der Waals surface area contributed by atoms with Gasteiger partial charge in [0.1, 0.15) is 22.8 Å². The Labute approximate surface area is 177 Å². The molecule has 5 aromatic rings. The summed E-state index contributed by atoms with van der Waals surface area (Å²) in [5.41, 5.74) is 4.08.